The minimum atomic E-state index is -0.970. The molecule has 9 heteroatoms. The Morgan fingerprint density at radius 2 is 1.87 bits per heavy atom. The standard InChI is InChI=1S/C29H26BrNO5S2/c1-4-35-23-15-20(14-22(30)26(23)36-17-19-10-8-9-18(2)13-19)16-24-27(32)31(29(37)38-24)25(28(33)34-3)21-11-6-5-7-12-21/h5-16,25H,4,17H2,1-3H3/b24-16+. The van der Waals surface area contributed by atoms with Gasteiger partial charge in [0, 0.05) is 0 Å². The molecule has 1 unspecified atom stereocenters. The van der Waals surface area contributed by atoms with Crippen molar-refractivity contribution in [2.75, 3.05) is 13.7 Å². The lowest BCUT2D eigenvalue weighted by atomic mass is 10.1. The van der Waals surface area contributed by atoms with E-state index in [1.807, 2.05) is 50.2 Å². The molecule has 0 saturated carbocycles. The van der Waals surface area contributed by atoms with Gasteiger partial charge in [-0.15, -0.1) is 0 Å². The van der Waals surface area contributed by atoms with Crippen LogP contribution in [0.15, 0.2) is 76.1 Å². The lowest BCUT2D eigenvalue weighted by Crippen LogP contribution is -2.37. The predicted octanol–water partition coefficient (Wildman–Crippen LogP) is 6.85. The maximum absolute atomic E-state index is 13.5. The van der Waals surface area contributed by atoms with Crippen LogP contribution in [0.4, 0.5) is 0 Å². The van der Waals surface area contributed by atoms with Gasteiger partial charge in [0.15, 0.2) is 17.5 Å². The summed E-state index contributed by atoms with van der Waals surface area (Å²) in [6.07, 6.45) is 1.73. The molecule has 0 aromatic heterocycles. The molecule has 0 aliphatic carbocycles. The Labute approximate surface area is 240 Å². The number of nitrogens with zero attached hydrogens (tertiary/aromatic N) is 1. The fourth-order valence-electron chi connectivity index (χ4n) is 4.02. The molecule has 1 amide bonds. The number of carbonyl (C=O) groups excluding carboxylic acids is 2. The molecular weight excluding hydrogens is 586 g/mol. The van der Waals surface area contributed by atoms with Crippen LogP contribution in [0.1, 0.15) is 35.2 Å². The van der Waals surface area contributed by atoms with Crippen molar-refractivity contribution < 1.29 is 23.8 Å². The summed E-state index contributed by atoms with van der Waals surface area (Å²) in [4.78, 5) is 27.9. The average Bonchev–Trinajstić information content (AvgIpc) is 3.17. The lowest BCUT2D eigenvalue weighted by Gasteiger charge is -2.24. The Balaban J connectivity index is 1.63. The summed E-state index contributed by atoms with van der Waals surface area (Å²) in [5.41, 5.74) is 3.54. The minimum absolute atomic E-state index is 0.280. The Hall–Kier alpha value is -3.14. The Morgan fingerprint density at radius 3 is 2.55 bits per heavy atom. The number of esters is 1. The topological polar surface area (TPSA) is 65.1 Å². The van der Waals surface area contributed by atoms with Gasteiger partial charge < -0.3 is 14.2 Å². The van der Waals surface area contributed by atoms with Crippen molar-refractivity contribution in [2.24, 2.45) is 0 Å². The summed E-state index contributed by atoms with van der Waals surface area (Å²) in [5.74, 6) is 0.194. The molecule has 0 bridgehead atoms. The van der Waals surface area contributed by atoms with E-state index in [4.69, 9.17) is 26.4 Å². The van der Waals surface area contributed by atoms with Crippen LogP contribution in [0.3, 0.4) is 0 Å². The third kappa shape index (κ3) is 6.28. The molecule has 1 aliphatic heterocycles. The number of methoxy groups -OCH3 is 1. The first-order valence-corrected chi connectivity index (χ1v) is 13.9. The van der Waals surface area contributed by atoms with Gasteiger partial charge in [0.2, 0.25) is 0 Å². The van der Waals surface area contributed by atoms with Crippen molar-refractivity contribution in [3.05, 3.63) is 98.4 Å². The van der Waals surface area contributed by atoms with Crippen LogP contribution in [0.2, 0.25) is 0 Å². The maximum atomic E-state index is 13.5. The molecule has 3 aromatic rings. The smallest absolute Gasteiger partial charge is 0.333 e. The van der Waals surface area contributed by atoms with E-state index in [0.717, 1.165) is 28.5 Å². The molecule has 38 heavy (non-hydrogen) atoms. The van der Waals surface area contributed by atoms with Crippen LogP contribution in [0.25, 0.3) is 6.08 Å². The number of thiocarbonyl (C=S) groups is 1. The van der Waals surface area contributed by atoms with E-state index in [1.54, 1.807) is 30.3 Å². The normalized spacial score (nSPS) is 15.1. The number of thioether (sulfide) groups is 1. The third-order valence-corrected chi connectivity index (χ3v) is 7.64. The van der Waals surface area contributed by atoms with Gasteiger partial charge in [0.1, 0.15) is 10.9 Å². The van der Waals surface area contributed by atoms with Crippen molar-refractivity contribution in [3.8, 4) is 11.5 Å². The van der Waals surface area contributed by atoms with Crippen molar-refractivity contribution in [1.82, 2.24) is 4.90 Å². The molecule has 196 valence electrons. The number of ether oxygens (including phenoxy) is 3. The highest BCUT2D eigenvalue weighted by molar-refractivity contribution is 9.10. The summed E-state index contributed by atoms with van der Waals surface area (Å²) in [6, 6.07) is 19.8. The van der Waals surface area contributed by atoms with Gasteiger partial charge in [-0.25, -0.2) is 4.79 Å². The number of amides is 1. The fraction of sp³-hybridized carbons (Fsp3) is 0.207. The zero-order valence-corrected chi connectivity index (χ0v) is 24.3. The number of hydrogen-bond acceptors (Lipinski definition) is 7. The molecule has 1 fully saturated rings. The van der Waals surface area contributed by atoms with Gasteiger partial charge in [-0.2, -0.15) is 0 Å². The fourth-order valence-corrected chi connectivity index (χ4v) is 5.91. The Kier molecular flexibility index (Phi) is 9.25. The molecule has 0 radical (unpaired) electrons. The quantitative estimate of drug-likeness (QED) is 0.149. The summed E-state index contributed by atoms with van der Waals surface area (Å²) in [5, 5.41) is 0. The van der Waals surface area contributed by atoms with E-state index >= 15 is 0 Å². The zero-order chi connectivity index (χ0) is 27.2. The van der Waals surface area contributed by atoms with Crippen LogP contribution in [-0.4, -0.2) is 34.8 Å². The SMILES string of the molecule is CCOc1cc(/C=C2/SC(=S)N(C(C(=O)OC)c3ccccc3)C2=O)cc(Br)c1OCc1cccc(C)c1. The second kappa shape index (κ2) is 12.6. The van der Waals surface area contributed by atoms with Gasteiger partial charge in [-0.3, -0.25) is 9.69 Å². The largest absolute Gasteiger partial charge is 0.490 e. The minimum Gasteiger partial charge on any atom is -0.490 e. The number of aryl methyl sites for hydroxylation is 1. The van der Waals surface area contributed by atoms with E-state index in [-0.39, 0.29) is 10.2 Å². The first kappa shape index (κ1) is 27.9. The predicted molar refractivity (Wildman–Crippen MR) is 157 cm³/mol. The molecule has 0 N–H and O–H groups in total. The van der Waals surface area contributed by atoms with E-state index in [2.05, 4.69) is 22.0 Å². The molecule has 0 spiro atoms. The summed E-state index contributed by atoms with van der Waals surface area (Å²) in [6.45, 7) is 4.76. The maximum Gasteiger partial charge on any atom is 0.333 e. The van der Waals surface area contributed by atoms with Crippen LogP contribution in [0, 0.1) is 6.92 Å². The summed E-state index contributed by atoms with van der Waals surface area (Å²) < 4.78 is 18.0. The molecule has 1 aliphatic rings. The van der Waals surface area contributed by atoms with Crippen LogP contribution < -0.4 is 9.47 Å². The summed E-state index contributed by atoms with van der Waals surface area (Å²) >= 11 is 10.3. The highest BCUT2D eigenvalue weighted by atomic mass is 79.9. The molecule has 1 atom stereocenters. The van der Waals surface area contributed by atoms with E-state index in [1.165, 1.54) is 12.0 Å². The highest BCUT2D eigenvalue weighted by Gasteiger charge is 2.41. The molecular formula is C29H26BrNO5S2. The molecule has 3 aromatic carbocycles. The molecule has 1 heterocycles. The van der Waals surface area contributed by atoms with Gasteiger partial charge in [0.25, 0.3) is 5.91 Å². The van der Waals surface area contributed by atoms with E-state index in [0.29, 0.717) is 39.7 Å². The number of benzene rings is 3. The average molecular weight is 613 g/mol. The number of halogens is 1. The van der Waals surface area contributed by atoms with Crippen molar-refractivity contribution in [2.45, 2.75) is 26.5 Å². The molecule has 4 rings (SSSR count). The number of carbonyl (C=O) groups is 2. The van der Waals surface area contributed by atoms with E-state index in [9.17, 15) is 9.59 Å². The van der Waals surface area contributed by atoms with Crippen LogP contribution in [-0.2, 0) is 20.9 Å². The van der Waals surface area contributed by atoms with Gasteiger partial charge >= 0.3 is 5.97 Å². The van der Waals surface area contributed by atoms with Crippen molar-refractivity contribution in [1.29, 1.82) is 0 Å². The van der Waals surface area contributed by atoms with Crippen molar-refractivity contribution >= 4 is 62.2 Å². The molecule has 1 saturated heterocycles. The number of hydrogen-bond donors (Lipinski definition) is 0. The zero-order valence-electron chi connectivity index (χ0n) is 21.1. The van der Waals surface area contributed by atoms with Crippen LogP contribution >= 0.6 is 39.9 Å². The first-order chi connectivity index (χ1) is 18.3. The Morgan fingerprint density at radius 1 is 1.11 bits per heavy atom. The second-order valence-electron chi connectivity index (χ2n) is 8.43. The van der Waals surface area contributed by atoms with Gasteiger partial charge in [-0.05, 0) is 64.7 Å². The highest BCUT2D eigenvalue weighted by Crippen LogP contribution is 2.41. The Bertz CT molecular complexity index is 1390. The van der Waals surface area contributed by atoms with Gasteiger partial charge in [-0.1, -0.05) is 84.1 Å². The van der Waals surface area contributed by atoms with Crippen LogP contribution in [0.5, 0.6) is 11.5 Å². The lowest BCUT2D eigenvalue weighted by molar-refractivity contribution is -0.148. The first-order valence-electron chi connectivity index (χ1n) is 11.9. The van der Waals surface area contributed by atoms with Crippen molar-refractivity contribution in [3.63, 3.8) is 0 Å². The van der Waals surface area contributed by atoms with Gasteiger partial charge in [0.05, 0.1) is 23.1 Å². The molecule has 6 nitrogen and oxygen atoms in total. The number of rotatable bonds is 9. The third-order valence-electron chi connectivity index (χ3n) is 5.72. The second-order valence-corrected chi connectivity index (χ2v) is 11.0. The monoisotopic (exact) mass is 611 g/mol. The van der Waals surface area contributed by atoms with E-state index < -0.39 is 12.0 Å². The summed E-state index contributed by atoms with van der Waals surface area (Å²) in [7, 11) is 1.29.